The molecule has 6 heteroatoms. The fourth-order valence-electron chi connectivity index (χ4n) is 3.88. The standard InChI is InChI=1S/C24H42IO4P/c1-2-3-4-5-6-7-8-9-10-11-12-13-14-15-16-17-19-22-20-18-21-23(24(22)28-25)29-30(26)27/h18,20-21,30H,2-17,19H2,1H3,(H,26,27). The van der Waals surface area contributed by atoms with Crippen LogP contribution in [0.5, 0.6) is 11.5 Å². The van der Waals surface area contributed by atoms with Gasteiger partial charge in [-0.15, -0.1) is 0 Å². The van der Waals surface area contributed by atoms with Crippen LogP contribution in [-0.2, 0) is 11.0 Å². The van der Waals surface area contributed by atoms with Gasteiger partial charge in [0, 0.05) is 0 Å². The molecule has 1 rings (SSSR count). The Kier molecular flexibility index (Phi) is 18.0. The molecule has 0 heterocycles. The highest BCUT2D eigenvalue weighted by atomic mass is 127. The molecule has 0 aliphatic carbocycles. The molecule has 0 bridgehead atoms. The van der Waals surface area contributed by atoms with Crippen LogP contribution < -0.4 is 7.59 Å². The number of aryl methyl sites for hydroxylation is 1. The minimum absolute atomic E-state index is 0.352. The van der Waals surface area contributed by atoms with Crippen LogP contribution in [0.1, 0.15) is 115 Å². The summed E-state index contributed by atoms with van der Waals surface area (Å²) in [6.07, 6.45) is 22.7. The highest BCUT2D eigenvalue weighted by Crippen LogP contribution is 2.37. The molecule has 0 amide bonds. The Balaban J connectivity index is 1.98. The van der Waals surface area contributed by atoms with E-state index in [2.05, 4.69) is 6.92 Å². The lowest BCUT2D eigenvalue weighted by atomic mass is 10.0. The molecule has 0 radical (unpaired) electrons. The highest BCUT2D eigenvalue weighted by molar-refractivity contribution is 14.1. The number of halogens is 1. The van der Waals surface area contributed by atoms with E-state index >= 15 is 0 Å². The summed E-state index contributed by atoms with van der Waals surface area (Å²) in [5, 5.41) is 0. The van der Waals surface area contributed by atoms with Gasteiger partial charge >= 0.3 is 8.25 Å². The molecule has 1 N–H and O–H groups in total. The van der Waals surface area contributed by atoms with Crippen LogP contribution in [0, 0.1) is 0 Å². The van der Waals surface area contributed by atoms with Crippen LogP contribution in [0.15, 0.2) is 18.2 Å². The van der Waals surface area contributed by atoms with Gasteiger partial charge in [-0.3, -0.25) is 0 Å². The van der Waals surface area contributed by atoms with Gasteiger partial charge in [-0.05, 0) is 24.5 Å². The molecule has 1 aromatic carbocycles. The summed E-state index contributed by atoms with van der Waals surface area (Å²) in [7, 11) is -3.02. The van der Waals surface area contributed by atoms with Crippen LogP contribution >= 0.6 is 31.3 Å². The molecular formula is C24H42IO4P. The number of hydrogen-bond acceptors (Lipinski definition) is 3. The second-order valence-corrected chi connectivity index (χ2v) is 9.42. The molecule has 0 aromatic heterocycles. The first-order valence-corrected chi connectivity index (χ1v) is 14.1. The Morgan fingerprint density at radius 2 is 1.27 bits per heavy atom. The third-order valence-electron chi connectivity index (χ3n) is 5.63. The first-order valence-electron chi connectivity index (χ1n) is 12.0. The van der Waals surface area contributed by atoms with E-state index in [1.54, 1.807) is 29.1 Å². The summed E-state index contributed by atoms with van der Waals surface area (Å²) in [4.78, 5) is 9.01. The van der Waals surface area contributed by atoms with E-state index in [4.69, 9.17) is 12.5 Å². The number of rotatable bonds is 20. The maximum atomic E-state index is 11.0. The summed E-state index contributed by atoms with van der Waals surface area (Å²) >= 11 is 1.80. The van der Waals surface area contributed by atoms with Gasteiger partial charge < -0.3 is 12.5 Å². The van der Waals surface area contributed by atoms with Crippen molar-refractivity contribution < 1.29 is 17.0 Å². The molecule has 1 unspecified atom stereocenters. The normalized spacial score (nSPS) is 12.1. The third-order valence-corrected chi connectivity index (χ3v) is 6.47. The minimum Gasteiger partial charge on any atom is -0.423 e. The van der Waals surface area contributed by atoms with Crippen molar-refractivity contribution in [3.8, 4) is 11.5 Å². The molecule has 0 spiro atoms. The van der Waals surface area contributed by atoms with Gasteiger partial charge in [-0.25, -0.2) is 4.57 Å². The minimum atomic E-state index is -3.02. The molecule has 30 heavy (non-hydrogen) atoms. The number of para-hydroxylation sites is 1. The second kappa shape index (κ2) is 19.4. The fourth-order valence-corrected chi connectivity index (χ4v) is 4.73. The summed E-state index contributed by atoms with van der Waals surface area (Å²) in [5.74, 6) is 0.927. The van der Waals surface area contributed by atoms with Gasteiger partial charge in [-0.1, -0.05) is 115 Å². The van der Waals surface area contributed by atoms with Gasteiger partial charge in [0.2, 0.25) is 0 Å². The fraction of sp³-hybridized carbons (Fsp3) is 0.750. The average Bonchev–Trinajstić information content (AvgIpc) is 2.73. The van der Waals surface area contributed by atoms with E-state index in [0.29, 0.717) is 11.5 Å². The van der Waals surface area contributed by atoms with Crippen molar-refractivity contribution in [3.05, 3.63) is 23.8 Å². The predicted octanol–water partition coefficient (Wildman–Crippen LogP) is 8.98. The van der Waals surface area contributed by atoms with Crippen molar-refractivity contribution in [2.45, 2.75) is 116 Å². The van der Waals surface area contributed by atoms with Crippen LogP contribution in [0.25, 0.3) is 0 Å². The lowest BCUT2D eigenvalue weighted by molar-refractivity contribution is 0.405. The molecule has 0 fully saturated rings. The second-order valence-electron chi connectivity index (χ2n) is 8.24. The maximum Gasteiger partial charge on any atom is 0.365 e. The first-order chi connectivity index (χ1) is 14.7. The number of benzene rings is 1. The zero-order chi connectivity index (χ0) is 21.9. The van der Waals surface area contributed by atoms with E-state index in [1.807, 2.05) is 12.1 Å². The Morgan fingerprint density at radius 1 is 0.800 bits per heavy atom. The Labute approximate surface area is 199 Å². The van der Waals surface area contributed by atoms with Crippen molar-refractivity contribution in [2.24, 2.45) is 0 Å². The Hall–Kier alpha value is -0.260. The highest BCUT2D eigenvalue weighted by Gasteiger charge is 2.12. The van der Waals surface area contributed by atoms with E-state index in [0.717, 1.165) is 18.4 Å². The molecule has 0 saturated heterocycles. The molecule has 0 saturated carbocycles. The zero-order valence-electron chi connectivity index (χ0n) is 18.8. The molecule has 0 aliphatic heterocycles. The maximum absolute atomic E-state index is 11.0. The SMILES string of the molecule is CCCCCCCCCCCCCCCCCCc1cccc(O[PH](=O)O)c1OI. The van der Waals surface area contributed by atoms with Crippen molar-refractivity contribution in [1.82, 2.24) is 0 Å². The number of hydrogen-bond donors (Lipinski definition) is 1. The van der Waals surface area contributed by atoms with Gasteiger partial charge in [-0.2, -0.15) is 0 Å². The van der Waals surface area contributed by atoms with E-state index in [-0.39, 0.29) is 0 Å². The van der Waals surface area contributed by atoms with E-state index < -0.39 is 8.25 Å². The molecule has 174 valence electrons. The lowest BCUT2D eigenvalue weighted by Gasteiger charge is -2.11. The zero-order valence-corrected chi connectivity index (χ0v) is 22.0. The topological polar surface area (TPSA) is 55.8 Å². The quantitative estimate of drug-likeness (QED) is 0.0997. The monoisotopic (exact) mass is 552 g/mol. The largest absolute Gasteiger partial charge is 0.423 e. The number of unbranched alkanes of at least 4 members (excludes halogenated alkanes) is 15. The lowest BCUT2D eigenvalue weighted by Crippen LogP contribution is -1.93. The average molecular weight is 552 g/mol. The summed E-state index contributed by atoms with van der Waals surface area (Å²) in [6.45, 7) is 2.28. The van der Waals surface area contributed by atoms with Crippen LogP contribution in [0.4, 0.5) is 0 Å². The van der Waals surface area contributed by atoms with E-state index in [1.165, 1.54) is 96.3 Å². The van der Waals surface area contributed by atoms with E-state index in [9.17, 15) is 4.57 Å². The predicted molar refractivity (Wildman–Crippen MR) is 136 cm³/mol. The van der Waals surface area contributed by atoms with Crippen molar-refractivity contribution >= 4 is 31.3 Å². The van der Waals surface area contributed by atoms with Crippen LogP contribution in [-0.4, -0.2) is 4.89 Å². The summed E-state index contributed by atoms with van der Waals surface area (Å²) in [6, 6.07) is 5.52. The smallest absolute Gasteiger partial charge is 0.365 e. The van der Waals surface area contributed by atoms with Crippen molar-refractivity contribution in [2.75, 3.05) is 0 Å². The summed E-state index contributed by atoms with van der Waals surface area (Å²) in [5.41, 5.74) is 1.04. The molecule has 1 atom stereocenters. The van der Waals surface area contributed by atoms with Gasteiger partial charge in [0.1, 0.15) is 0 Å². The van der Waals surface area contributed by atoms with Crippen molar-refractivity contribution in [1.29, 1.82) is 0 Å². The molecule has 4 nitrogen and oxygen atoms in total. The molecule has 0 aliphatic rings. The Bertz CT molecular complexity index is 568. The first kappa shape index (κ1) is 27.8. The van der Waals surface area contributed by atoms with Gasteiger partial charge in [0.05, 0.1) is 0 Å². The third kappa shape index (κ3) is 13.9. The van der Waals surface area contributed by atoms with Crippen molar-refractivity contribution in [3.63, 3.8) is 0 Å². The Morgan fingerprint density at radius 3 is 1.70 bits per heavy atom. The molecular weight excluding hydrogens is 510 g/mol. The van der Waals surface area contributed by atoms with Crippen LogP contribution in [0.2, 0.25) is 0 Å². The molecule has 1 aromatic rings. The van der Waals surface area contributed by atoms with Gasteiger partial charge in [0.25, 0.3) is 0 Å². The van der Waals surface area contributed by atoms with Crippen LogP contribution in [0.3, 0.4) is 0 Å². The van der Waals surface area contributed by atoms with Gasteiger partial charge in [0.15, 0.2) is 34.5 Å². The summed E-state index contributed by atoms with van der Waals surface area (Å²) < 4.78 is 21.3.